The van der Waals surface area contributed by atoms with Gasteiger partial charge in [0.05, 0.1) is 5.69 Å². The van der Waals surface area contributed by atoms with Crippen molar-refractivity contribution in [2.75, 3.05) is 0 Å². The van der Waals surface area contributed by atoms with E-state index in [1.807, 2.05) is 11.7 Å². The van der Waals surface area contributed by atoms with Crippen molar-refractivity contribution in [3.05, 3.63) is 17.5 Å². The SMILES string of the molecule is CCc1cc(CC(N)CCC2CCCCC2)n(C)n1. The van der Waals surface area contributed by atoms with Crippen molar-refractivity contribution in [2.24, 2.45) is 18.7 Å². The average Bonchev–Trinajstić information content (AvgIpc) is 2.78. The molecule has 1 aliphatic rings. The molecule has 0 bridgehead atoms. The molecule has 3 heteroatoms. The van der Waals surface area contributed by atoms with Crippen molar-refractivity contribution < 1.29 is 0 Å². The Bertz CT molecular complexity index is 377. The fourth-order valence-corrected chi connectivity index (χ4v) is 3.23. The number of rotatable bonds is 6. The maximum absolute atomic E-state index is 6.30. The fourth-order valence-electron chi connectivity index (χ4n) is 3.23. The van der Waals surface area contributed by atoms with Gasteiger partial charge < -0.3 is 5.73 Å². The summed E-state index contributed by atoms with van der Waals surface area (Å²) >= 11 is 0. The summed E-state index contributed by atoms with van der Waals surface area (Å²) in [7, 11) is 2.03. The van der Waals surface area contributed by atoms with Crippen LogP contribution in [-0.2, 0) is 19.9 Å². The van der Waals surface area contributed by atoms with Gasteiger partial charge in [0.1, 0.15) is 0 Å². The highest BCUT2D eigenvalue weighted by Crippen LogP contribution is 2.27. The lowest BCUT2D eigenvalue weighted by atomic mass is 9.85. The topological polar surface area (TPSA) is 43.8 Å². The summed E-state index contributed by atoms with van der Waals surface area (Å²) in [4.78, 5) is 0. The predicted octanol–water partition coefficient (Wildman–Crippen LogP) is 3.21. The molecule has 1 fully saturated rings. The molecule has 0 aliphatic heterocycles. The average molecular weight is 263 g/mol. The third-order valence-corrected chi connectivity index (χ3v) is 4.53. The molecular formula is C16H29N3. The monoisotopic (exact) mass is 263 g/mol. The number of hydrogen-bond acceptors (Lipinski definition) is 2. The number of hydrogen-bond donors (Lipinski definition) is 1. The van der Waals surface area contributed by atoms with Crippen molar-refractivity contribution in [3.63, 3.8) is 0 Å². The van der Waals surface area contributed by atoms with Gasteiger partial charge in [-0.25, -0.2) is 0 Å². The van der Waals surface area contributed by atoms with Crippen LogP contribution in [0.4, 0.5) is 0 Å². The van der Waals surface area contributed by atoms with E-state index in [4.69, 9.17) is 5.73 Å². The Kier molecular flexibility index (Phi) is 5.44. The van der Waals surface area contributed by atoms with Gasteiger partial charge in [0.15, 0.2) is 0 Å². The van der Waals surface area contributed by atoms with E-state index >= 15 is 0 Å². The Morgan fingerprint density at radius 2 is 2.11 bits per heavy atom. The molecule has 0 amide bonds. The number of aryl methyl sites for hydroxylation is 2. The lowest BCUT2D eigenvalue weighted by Gasteiger charge is -2.22. The molecule has 0 radical (unpaired) electrons. The second kappa shape index (κ2) is 7.09. The molecule has 1 atom stereocenters. The van der Waals surface area contributed by atoms with Crippen molar-refractivity contribution in [2.45, 2.75) is 70.8 Å². The number of nitrogens with zero attached hydrogens (tertiary/aromatic N) is 2. The molecule has 2 rings (SSSR count). The Balaban J connectivity index is 1.76. The minimum absolute atomic E-state index is 0.294. The summed E-state index contributed by atoms with van der Waals surface area (Å²) < 4.78 is 2.00. The summed E-state index contributed by atoms with van der Waals surface area (Å²) in [6.45, 7) is 2.15. The zero-order valence-corrected chi connectivity index (χ0v) is 12.6. The molecule has 1 unspecified atom stereocenters. The van der Waals surface area contributed by atoms with Crippen LogP contribution in [0.15, 0.2) is 6.07 Å². The maximum atomic E-state index is 6.30. The van der Waals surface area contributed by atoms with Gasteiger partial charge in [0.25, 0.3) is 0 Å². The molecule has 3 nitrogen and oxygen atoms in total. The first-order valence-electron chi connectivity index (χ1n) is 7.96. The molecule has 1 aromatic rings. The molecule has 2 N–H and O–H groups in total. The van der Waals surface area contributed by atoms with E-state index in [-0.39, 0.29) is 0 Å². The standard InChI is InChI=1S/C16H29N3/c1-3-15-12-16(19(2)18-15)11-14(17)10-9-13-7-5-4-6-8-13/h12-14H,3-11,17H2,1-2H3. The van der Waals surface area contributed by atoms with Crippen molar-refractivity contribution in [1.82, 2.24) is 9.78 Å². The molecule has 1 aromatic heterocycles. The van der Waals surface area contributed by atoms with Crippen LogP contribution in [0.25, 0.3) is 0 Å². The van der Waals surface area contributed by atoms with Gasteiger partial charge in [-0.15, -0.1) is 0 Å². The minimum atomic E-state index is 0.294. The highest BCUT2D eigenvalue weighted by Gasteiger charge is 2.15. The van der Waals surface area contributed by atoms with Crippen LogP contribution >= 0.6 is 0 Å². The Hall–Kier alpha value is -0.830. The van der Waals surface area contributed by atoms with Gasteiger partial charge in [0, 0.05) is 25.2 Å². The first kappa shape index (κ1) is 14.6. The molecule has 0 saturated heterocycles. The highest BCUT2D eigenvalue weighted by atomic mass is 15.3. The van der Waals surface area contributed by atoms with Crippen molar-refractivity contribution in [3.8, 4) is 0 Å². The van der Waals surface area contributed by atoms with E-state index < -0.39 is 0 Å². The van der Waals surface area contributed by atoms with Gasteiger partial charge in [-0.1, -0.05) is 39.0 Å². The predicted molar refractivity (Wildman–Crippen MR) is 80.1 cm³/mol. The smallest absolute Gasteiger partial charge is 0.0624 e. The van der Waals surface area contributed by atoms with Gasteiger partial charge in [-0.3, -0.25) is 4.68 Å². The van der Waals surface area contributed by atoms with Crippen LogP contribution in [0.2, 0.25) is 0 Å². The van der Waals surface area contributed by atoms with Gasteiger partial charge in [-0.05, 0) is 31.2 Å². The van der Waals surface area contributed by atoms with Gasteiger partial charge >= 0.3 is 0 Å². The Morgan fingerprint density at radius 1 is 1.37 bits per heavy atom. The summed E-state index contributed by atoms with van der Waals surface area (Å²) in [6, 6.07) is 2.50. The third-order valence-electron chi connectivity index (χ3n) is 4.53. The highest BCUT2D eigenvalue weighted by molar-refractivity contribution is 5.11. The first-order valence-corrected chi connectivity index (χ1v) is 7.96. The van der Waals surface area contributed by atoms with E-state index in [1.165, 1.54) is 49.9 Å². The molecule has 1 aliphatic carbocycles. The molecular weight excluding hydrogens is 234 g/mol. The van der Waals surface area contributed by atoms with Crippen LogP contribution in [0.1, 0.15) is 63.3 Å². The van der Waals surface area contributed by atoms with Crippen molar-refractivity contribution >= 4 is 0 Å². The molecule has 0 spiro atoms. The van der Waals surface area contributed by atoms with E-state index in [9.17, 15) is 0 Å². The normalized spacial score (nSPS) is 18.7. The van der Waals surface area contributed by atoms with Crippen LogP contribution in [0.3, 0.4) is 0 Å². The number of nitrogens with two attached hydrogens (primary N) is 1. The zero-order chi connectivity index (χ0) is 13.7. The summed E-state index contributed by atoms with van der Waals surface area (Å²) in [5.74, 6) is 0.942. The van der Waals surface area contributed by atoms with E-state index in [0.717, 1.165) is 25.2 Å². The molecule has 108 valence electrons. The van der Waals surface area contributed by atoms with Gasteiger partial charge in [0.2, 0.25) is 0 Å². The van der Waals surface area contributed by atoms with Crippen LogP contribution in [0.5, 0.6) is 0 Å². The zero-order valence-electron chi connectivity index (χ0n) is 12.6. The molecule has 0 aromatic carbocycles. The summed E-state index contributed by atoms with van der Waals surface area (Å²) in [6.07, 6.45) is 11.6. The summed E-state index contributed by atoms with van der Waals surface area (Å²) in [5, 5.41) is 4.49. The van der Waals surface area contributed by atoms with Crippen LogP contribution in [-0.4, -0.2) is 15.8 Å². The quantitative estimate of drug-likeness (QED) is 0.856. The third kappa shape index (κ3) is 4.34. The van der Waals surface area contributed by atoms with E-state index in [1.54, 1.807) is 0 Å². The van der Waals surface area contributed by atoms with Crippen LogP contribution in [0, 0.1) is 5.92 Å². The second-order valence-corrected chi connectivity index (χ2v) is 6.15. The van der Waals surface area contributed by atoms with Gasteiger partial charge in [-0.2, -0.15) is 5.10 Å². The Labute approximate surface area is 117 Å². The molecule has 19 heavy (non-hydrogen) atoms. The lowest BCUT2D eigenvalue weighted by Crippen LogP contribution is -2.25. The van der Waals surface area contributed by atoms with E-state index in [0.29, 0.717) is 6.04 Å². The largest absolute Gasteiger partial charge is 0.327 e. The van der Waals surface area contributed by atoms with Crippen molar-refractivity contribution in [1.29, 1.82) is 0 Å². The molecule has 1 saturated carbocycles. The maximum Gasteiger partial charge on any atom is 0.0624 e. The summed E-state index contributed by atoms with van der Waals surface area (Å²) in [5.41, 5.74) is 8.76. The number of aromatic nitrogens is 2. The fraction of sp³-hybridized carbons (Fsp3) is 0.812. The van der Waals surface area contributed by atoms with Crippen LogP contribution < -0.4 is 5.73 Å². The lowest BCUT2D eigenvalue weighted by molar-refractivity contribution is 0.322. The van der Waals surface area contributed by atoms with E-state index in [2.05, 4.69) is 18.1 Å². The molecule has 1 heterocycles. The second-order valence-electron chi connectivity index (χ2n) is 6.15. The Morgan fingerprint density at radius 3 is 2.74 bits per heavy atom. The minimum Gasteiger partial charge on any atom is -0.327 e. The first-order chi connectivity index (χ1) is 9.19.